The molecule has 0 aliphatic rings. The second kappa shape index (κ2) is 23.5. The highest BCUT2D eigenvalue weighted by atomic mass is 32.2. The quantitative estimate of drug-likeness (QED) is 0.0431. The van der Waals surface area contributed by atoms with Crippen molar-refractivity contribution in [3.63, 3.8) is 0 Å². The van der Waals surface area contributed by atoms with E-state index < -0.39 is 30.7 Å². The molecule has 0 amide bonds. The van der Waals surface area contributed by atoms with Gasteiger partial charge in [0, 0.05) is 6.61 Å². The third kappa shape index (κ3) is 27.9. The van der Waals surface area contributed by atoms with Crippen molar-refractivity contribution in [1.82, 2.24) is 0 Å². The lowest BCUT2D eigenvalue weighted by molar-refractivity contribution is -0.870. The molecule has 39 heavy (non-hydrogen) atoms. The molecule has 0 spiro atoms. The number of hydrogen-bond acceptors (Lipinski definition) is 8. The molecular formula is C28H60NO8PS. The van der Waals surface area contributed by atoms with Crippen LogP contribution in [0.3, 0.4) is 0 Å². The summed E-state index contributed by atoms with van der Waals surface area (Å²) in [5, 5.41) is 0. The van der Waals surface area contributed by atoms with E-state index in [2.05, 4.69) is 6.92 Å². The Bertz CT molecular complexity index is 715. The van der Waals surface area contributed by atoms with Gasteiger partial charge in [0.25, 0.3) is 17.9 Å². The van der Waals surface area contributed by atoms with Gasteiger partial charge in [-0.1, -0.05) is 103 Å². The van der Waals surface area contributed by atoms with Gasteiger partial charge in [0.1, 0.15) is 19.3 Å². The van der Waals surface area contributed by atoms with Gasteiger partial charge in [0.2, 0.25) is 0 Å². The second-order valence-electron chi connectivity index (χ2n) is 11.5. The minimum absolute atomic E-state index is 0.0290. The van der Waals surface area contributed by atoms with Gasteiger partial charge in [-0.05, 0) is 13.3 Å². The molecule has 0 aromatic heterocycles. The van der Waals surface area contributed by atoms with Gasteiger partial charge in [-0.3, -0.25) is 8.75 Å². The highest BCUT2D eigenvalue weighted by molar-refractivity contribution is 7.86. The smallest absolute Gasteiger partial charge is 0.268 e. The molecule has 2 atom stereocenters. The van der Waals surface area contributed by atoms with Crippen molar-refractivity contribution < 1.29 is 40.3 Å². The average Bonchev–Trinajstić information content (AvgIpc) is 2.85. The lowest BCUT2D eigenvalue weighted by Crippen LogP contribution is -2.37. The monoisotopic (exact) mass is 601 g/mol. The fourth-order valence-corrected chi connectivity index (χ4v) is 5.37. The maximum absolute atomic E-state index is 12.0. The number of likely N-dealkylation sites (N-methyl/N-ethyl adjacent to an activating group) is 1. The first kappa shape index (κ1) is 38.9. The van der Waals surface area contributed by atoms with Crippen LogP contribution in [0.2, 0.25) is 0 Å². The summed E-state index contributed by atoms with van der Waals surface area (Å²) >= 11 is 0. The number of unbranched alkanes of at least 4 members (excludes halogenated alkanes) is 15. The molecule has 0 aliphatic heterocycles. The van der Waals surface area contributed by atoms with E-state index in [0.717, 1.165) is 19.3 Å². The molecule has 0 N–H and O–H groups in total. The Balaban J connectivity index is 3.93. The summed E-state index contributed by atoms with van der Waals surface area (Å²) in [6.07, 6.45) is 19.5. The zero-order valence-electron chi connectivity index (χ0n) is 25.7. The molecule has 0 aromatic carbocycles. The van der Waals surface area contributed by atoms with Crippen LogP contribution in [0.15, 0.2) is 0 Å². The van der Waals surface area contributed by atoms with Crippen LogP contribution in [-0.2, 0) is 32.7 Å². The molecule has 9 nitrogen and oxygen atoms in total. The van der Waals surface area contributed by atoms with E-state index in [4.69, 9.17) is 18.0 Å². The molecule has 236 valence electrons. The predicted octanol–water partition coefficient (Wildman–Crippen LogP) is 6.21. The van der Waals surface area contributed by atoms with Crippen LogP contribution in [-0.4, -0.2) is 78.9 Å². The zero-order chi connectivity index (χ0) is 29.5. The Labute approximate surface area is 240 Å². The van der Waals surface area contributed by atoms with Crippen LogP contribution in [0.25, 0.3) is 0 Å². The topological polar surface area (TPSA) is 111 Å². The van der Waals surface area contributed by atoms with Crippen molar-refractivity contribution in [3.05, 3.63) is 0 Å². The van der Waals surface area contributed by atoms with Crippen LogP contribution in [0.5, 0.6) is 0 Å². The Hall–Kier alpha value is -0.0600. The van der Waals surface area contributed by atoms with Crippen molar-refractivity contribution in [2.24, 2.45) is 0 Å². The molecule has 0 aromatic rings. The first-order valence-electron chi connectivity index (χ1n) is 15.3. The van der Waals surface area contributed by atoms with Crippen molar-refractivity contribution in [2.45, 2.75) is 123 Å². The van der Waals surface area contributed by atoms with E-state index in [9.17, 15) is 17.9 Å². The lowest BCUT2D eigenvalue weighted by atomic mass is 10.0. The number of ether oxygens (including phenoxy) is 1. The number of phosphoric acid groups is 1. The summed E-state index contributed by atoms with van der Waals surface area (Å²) in [7, 11) is -2.63. The molecule has 11 heteroatoms. The standard InChI is InChI=1S/C28H60NO8PS/c1-6-8-9-10-11-12-13-14-15-16-17-18-19-20-21-22-24-34-26-28(37-39(32,33)7-2)27-36-38(30,31)35-25-23-29(3,4)5/h28H,6-27H2,1-5H3. The molecule has 0 aliphatic carbocycles. The van der Waals surface area contributed by atoms with Gasteiger partial charge >= 0.3 is 0 Å². The van der Waals surface area contributed by atoms with Gasteiger partial charge in [0.05, 0.1) is 40.1 Å². The van der Waals surface area contributed by atoms with Gasteiger partial charge in [-0.15, -0.1) is 0 Å². The molecule has 0 fully saturated rings. The second-order valence-corrected chi connectivity index (χ2v) is 14.8. The van der Waals surface area contributed by atoms with E-state index in [-0.39, 0.29) is 19.0 Å². The molecule has 0 saturated heterocycles. The molecule has 0 rings (SSSR count). The maximum atomic E-state index is 12.0. The summed E-state index contributed by atoms with van der Waals surface area (Å²) < 4.78 is 56.8. The van der Waals surface area contributed by atoms with E-state index in [1.807, 2.05) is 21.1 Å². The minimum atomic E-state index is -4.58. The number of hydrogen-bond donors (Lipinski definition) is 0. The van der Waals surface area contributed by atoms with Gasteiger partial charge in [-0.2, -0.15) is 8.42 Å². The predicted molar refractivity (Wildman–Crippen MR) is 157 cm³/mol. The van der Waals surface area contributed by atoms with Crippen molar-refractivity contribution in [1.29, 1.82) is 0 Å². The van der Waals surface area contributed by atoms with Crippen molar-refractivity contribution >= 4 is 17.9 Å². The van der Waals surface area contributed by atoms with Crippen LogP contribution < -0.4 is 4.89 Å². The van der Waals surface area contributed by atoms with E-state index in [1.54, 1.807) is 0 Å². The molecule has 0 radical (unpaired) electrons. The van der Waals surface area contributed by atoms with Crippen molar-refractivity contribution in [2.75, 3.05) is 59.9 Å². The van der Waals surface area contributed by atoms with E-state index in [1.165, 1.54) is 90.4 Å². The molecule has 0 bridgehead atoms. The summed E-state index contributed by atoms with van der Waals surface area (Å²) in [4.78, 5) is 12.0. The van der Waals surface area contributed by atoms with E-state index in [0.29, 0.717) is 17.6 Å². The SMILES string of the molecule is CCCCCCCCCCCCCCCCCCOCC(COP(=O)([O-])OCC[N+](C)(C)C)OS(=O)(=O)CC. The average molecular weight is 602 g/mol. The first-order valence-corrected chi connectivity index (χ1v) is 18.3. The fraction of sp³-hybridized carbons (Fsp3) is 1.00. The Morgan fingerprint density at radius 2 is 1.15 bits per heavy atom. The largest absolute Gasteiger partial charge is 0.756 e. The number of phosphoric ester groups is 1. The van der Waals surface area contributed by atoms with Gasteiger partial charge < -0.3 is 23.2 Å². The van der Waals surface area contributed by atoms with Gasteiger partial charge in [-0.25, -0.2) is 0 Å². The molecule has 2 unspecified atom stereocenters. The summed E-state index contributed by atoms with van der Waals surface area (Å²) in [6.45, 7) is 4.06. The van der Waals surface area contributed by atoms with Crippen LogP contribution in [0.1, 0.15) is 117 Å². The highest BCUT2D eigenvalue weighted by Gasteiger charge is 2.22. The van der Waals surface area contributed by atoms with Crippen molar-refractivity contribution in [3.8, 4) is 0 Å². The molecule has 0 heterocycles. The minimum Gasteiger partial charge on any atom is -0.756 e. The number of rotatable bonds is 29. The Morgan fingerprint density at radius 3 is 1.59 bits per heavy atom. The first-order chi connectivity index (χ1) is 18.4. The van der Waals surface area contributed by atoms with E-state index >= 15 is 0 Å². The third-order valence-electron chi connectivity index (χ3n) is 6.51. The van der Waals surface area contributed by atoms with Gasteiger partial charge in [0.15, 0.2) is 0 Å². The zero-order valence-corrected chi connectivity index (χ0v) is 27.4. The van der Waals surface area contributed by atoms with Crippen LogP contribution in [0.4, 0.5) is 0 Å². The summed E-state index contributed by atoms with van der Waals surface area (Å²) in [6, 6.07) is 0. The summed E-state index contributed by atoms with van der Waals surface area (Å²) in [5.74, 6) is -0.225. The fourth-order valence-electron chi connectivity index (χ4n) is 3.98. The third-order valence-corrected chi connectivity index (χ3v) is 8.75. The normalized spacial score (nSPS) is 14.9. The Morgan fingerprint density at radius 1 is 0.692 bits per heavy atom. The maximum Gasteiger partial charge on any atom is 0.268 e. The molecule has 0 saturated carbocycles. The van der Waals surface area contributed by atoms with Crippen LogP contribution >= 0.6 is 7.82 Å². The highest BCUT2D eigenvalue weighted by Crippen LogP contribution is 2.38. The lowest BCUT2D eigenvalue weighted by Gasteiger charge is -2.28. The number of nitrogens with zero attached hydrogens (tertiary/aromatic N) is 1. The summed E-state index contributed by atoms with van der Waals surface area (Å²) in [5.41, 5.74) is 0. The van der Waals surface area contributed by atoms with Crippen LogP contribution in [0, 0.1) is 0 Å². The molecular weight excluding hydrogens is 541 g/mol. The number of quaternary nitrogens is 1. The Kier molecular flexibility index (Phi) is 23.5.